The highest BCUT2D eigenvalue weighted by Crippen LogP contribution is 2.42. The molecule has 1 aromatic heterocycles. The lowest BCUT2D eigenvalue weighted by Crippen LogP contribution is -2.39. The smallest absolute Gasteiger partial charge is 0.145 e. The second-order valence-electron chi connectivity index (χ2n) is 10.1. The molecule has 2 fully saturated rings. The van der Waals surface area contributed by atoms with E-state index in [0.29, 0.717) is 12.3 Å². The summed E-state index contributed by atoms with van der Waals surface area (Å²) in [4.78, 5) is 18.6. The molecule has 178 valence electrons. The van der Waals surface area contributed by atoms with Gasteiger partial charge in [0.1, 0.15) is 17.4 Å². The van der Waals surface area contributed by atoms with Gasteiger partial charge >= 0.3 is 0 Å². The van der Waals surface area contributed by atoms with Crippen molar-refractivity contribution in [3.8, 4) is 28.3 Å². The quantitative estimate of drug-likeness (QED) is 0.383. The number of rotatable bonds is 7. The van der Waals surface area contributed by atoms with Crippen molar-refractivity contribution in [2.75, 3.05) is 20.2 Å². The molecular formula is C30H31N3O2. The van der Waals surface area contributed by atoms with E-state index in [2.05, 4.69) is 71.4 Å². The van der Waals surface area contributed by atoms with E-state index in [0.717, 1.165) is 71.6 Å². The van der Waals surface area contributed by atoms with Crippen LogP contribution in [0.5, 0.6) is 5.75 Å². The third-order valence-electron chi connectivity index (χ3n) is 7.71. The Bertz CT molecular complexity index is 1380. The molecule has 0 unspecified atom stereocenters. The molecule has 5 heteroatoms. The number of aromatic nitrogens is 2. The van der Waals surface area contributed by atoms with Crippen LogP contribution in [0, 0.1) is 18.3 Å². The highest BCUT2D eigenvalue weighted by Gasteiger charge is 2.48. The maximum atomic E-state index is 13.5. The summed E-state index contributed by atoms with van der Waals surface area (Å²) in [6.07, 6.45) is 2.98. The molecule has 0 bridgehead atoms. The number of hydrogen-bond donors (Lipinski definition) is 1. The number of fused-ring (bicyclic) bond motifs is 1. The summed E-state index contributed by atoms with van der Waals surface area (Å²) in [5.41, 5.74) is 6.32. The zero-order valence-corrected chi connectivity index (χ0v) is 20.4. The van der Waals surface area contributed by atoms with Crippen molar-refractivity contribution in [1.82, 2.24) is 14.9 Å². The number of aryl methyl sites for hydroxylation is 1. The van der Waals surface area contributed by atoms with Crippen LogP contribution in [-0.2, 0) is 11.3 Å². The number of hydrogen-bond acceptors (Lipinski definition) is 4. The summed E-state index contributed by atoms with van der Waals surface area (Å²) in [5, 5.41) is 3.48. The van der Waals surface area contributed by atoms with E-state index in [4.69, 9.17) is 9.72 Å². The van der Waals surface area contributed by atoms with E-state index in [-0.39, 0.29) is 11.3 Å². The fraction of sp³-hybridized carbons (Fsp3) is 0.333. The monoisotopic (exact) mass is 465 g/mol. The summed E-state index contributed by atoms with van der Waals surface area (Å²) in [6.45, 7) is 4.46. The van der Waals surface area contributed by atoms with Crippen LogP contribution < -0.4 is 10.1 Å². The van der Waals surface area contributed by atoms with Gasteiger partial charge in [-0.15, -0.1) is 0 Å². The molecule has 5 nitrogen and oxygen atoms in total. The van der Waals surface area contributed by atoms with Crippen LogP contribution in [0.1, 0.15) is 24.8 Å². The molecule has 1 aliphatic heterocycles. The Morgan fingerprint density at radius 1 is 1.03 bits per heavy atom. The average Bonchev–Trinajstić information content (AvgIpc) is 3.52. The first-order valence-corrected chi connectivity index (χ1v) is 12.5. The minimum Gasteiger partial charge on any atom is -0.497 e. The Morgan fingerprint density at radius 3 is 2.34 bits per heavy atom. The molecule has 2 aliphatic rings. The Morgan fingerprint density at radius 2 is 1.71 bits per heavy atom. The van der Waals surface area contributed by atoms with E-state index >= 15 is 0 Å². The van der Waals surface area contributed by atoms with Gasteiger partial charge < -0.3 is 14.6 Å². The summed E-state index contributed by atoms with van der Waals surface area (Å²) in [5.74, 6) is 2.48. The molecule has 1 aliphatic carbocycles. The number of ether oxygens (including phenoxy) is 1. The van der Waals surface area contributed by atoms with Crippen LogP contribution in [0.15, 0.2) is 66.7 Å². The largest absolute Gasteiger partial charge is 0.497 e. The number of ketones is 1. The third kappa shape index (κ3) is 3.94. The first kappa shape index (κ1) is 22.1. The fourth-order valence-electron chi connectivity index (χ4n) is 5.58. The number of nitrogens with one attached hydrogen (secondary N) is 1. The van der Waals surface area contributed by atoms with Crippen LogP contribution in [-0.4, -0.2) is 35.5 Å². The zero-order valence-electron chi connectivity index (χ0n) is 20.4. The Kier molecular flexibility index (Phi) is 5.45. The number of methoxy groups -OCH3 is 1. The molecule has 4 aromatic rings. The van der Waals surface area contributed by atoms with Crippen molar-refractivity contribution in [3.63, 3.8) is 0 Å². The second kappa shape index (κ2) is 8.65. The molecule has 35 heavy (non-hydrogen) atoms. The van der Waals surface area contributed by atoms with Gasteiger partial charge in [0.05, 0.1) is 23.6 Å². The van der Waals surface area contributed by atoms with Crippen molar-refractivity contribution < 1.29 is 9.53 Å². The van der Waals surface area contributed by atoms with Crippen LogP contribution in [0.4, 0.5) is 0 Å². The number of imidazole rings is 1. The lowest BCUT2D eigenvalue weighted by atomic mass is 9.80. The topological polar surface area (TPSA) is 56.2 Å². The molecule has 0 radical (unpaired) electrons. The predicted molar refractivity (Wildman–Crippen MR) is 140 cm³/mol. The van der Waals surface area contributed by atoms with Crippen molar-refractivity contribution in [2.45, 2.75) is 32.7 Å². The highest BCUT2D eigenvalue weighted by atomic mass is 16.5. The van der Waals surface area contributed by atoms with Gasteiger partial charge in [-0.2, -0.15) is 0 Å². The highest BCUT2D eigenvalue weighted by molar-refractivity contribution is 5.90. The molecule has 6 rings (SSSR count). The standard InChI is InChI=1S/C30H31N3O2/c1-20-4-3-5-26-27(20)33(19-30(16-17-31-18-30)28(34)23-8-9-23)29(32-26)24-10-6-21(7-11-24)22-12-14-25(35-2)15-13-22/h3-7,10-15,23,31H,8-9,16-19H2,1-2H3/t30-/m0/s1. The van der Waals surface area contributed by atoms with E-state index in [1.807, 2.05) is 12.1 Å². The second-order valence-corrected chi connectivity index (χ2v) is 10.1. The van der Waals surface area contributed by atoms with Crippen LogP contribution in [0.3, 0.4) is 0 Å². The summed E-state index contributed by atoms with van der Waals surface area (Å²) in [7, 11) is 1.68. The Hall–Kier alpha value is -3.44. The molecule has 0 spiro atoms. The Labute approximate surface area is 206 Å². The lowest BCUT2D eigenvalue weighted by Gasteiger charge is -2.29. The van der Waals surface area contributed by atoms with Gasteiger partial charge in [-0.05, 0) is 67.6 Å². The van der Waals surface area contributed by atoms with Crippen molar-refractivity contribution in [1.29, 1.82) is 0 Å². The normalized spacial score (nSPS) is 19.8. The summed E-state index contributed by atoms with van der Waals surface area (Å²) < 4.78 is 7.61. The summed E-state index contributed by atoms with van der Waals surface area (Å²) in [6, 6.07) is 23.0. The maximum Gasteiger partial charge on any atom is 0.145 e. The molecule has 1 saturated heterocycles. The number of para-hydroxylation sites is 1. The van der Waals surface area contributed by atoms with Crippen molar-refractivity contribution in [2.24, 2.45) is 11.3 Å². The van der Waals surface area contributed by atoms with Gasteiger partial charge in [0, 0.05) is 24.6 Å². The molecule has 3 aromatic carbocycles. The number of nitrogens with zero attached hydrogens (tertiary/aromatic N) is 2. The molecule has 1 atom stereocenters. The zero-order chi connectivity index (χ0) is 24.0. The molecule has 1 N–H and O–H groups in total. The predicted octanol–water partition coefficient (Wildman–Crippen LogP) is 5.65. The van der Waals surface area contributed by atoms with Gasteiger partial charge in [0.25, 0.3) is 0 Å². The molecule has 1 saturated carbocycles. The number of benzene rings is 3. The van der Waals surface area contributed by atoms with Crippen molar-refractivity contribution >= 4 is 16.8 Å². The van der Waals surface area contributed by atoms with Gasteiger partial charge in [-0.25, -0.2) is 4.98 Å². The van der Waals surface area contributed by atoms with Crippen LogP contribution in [0.2, 0.25) is 0 Å². The molecule has 2 heterocycles. The van der Waals surface area contributed by atoms with Crippen LogP contribution >= 0.6 is 0 Å². The SMILES string of the molecule is COc1ccc(-c2ccc(-c3nc4cccc(C)c4n3C[C@]3(C(=O)C4CC4)CCNC3)cc2)cc1. The van der Waals surface area contributed by atoms with E-state index in [1.54, 1.807) is 7.11 Å². The number of Topliss-reactive ketones (excluding diaryl/α,β-unsaturated/α-hetero) is 1. The summed E-state index contributed by atoms with van der Waals surface area (Å²) >= 11 is 0. The first-order chi connectivity index (χ1) is 17.1. The Balaban J connectivity index is 1.42. The minimum absolute atomic E-state index is 0.248. The van der Waals surface area contributed by atoms with Gasteiger partial charge in [-0.1, -0.05) is 48.5 Å². The maximum absolute atomic E-state index is 13.5. The van der Waals surface area contributed by atoms with E-state index < -0.39 is 0 Å². The molecule has 0 amide bonds. The van der Waals surface area contributed by atoms with Crippen molar-refractivity contribution in [3.05, 3.63) is 72.3 Å². The average molecular weight is 466 g/mol. The first-order valence-electron chi connectivity index (χ1n) is 12.5. The van der Waals surface area contributed by atoms with Gasteiger partial charge in [0.15, 0.2) is 0 Å². The van der Waals surface area contributed by atoms with E-state index in [1.165, 1.54) is 5.56 Å². The third-order valence-corrected chi connectivity index (χ3v) is 7.71. The molecular weight excluding hydrogens is 434 g/mol. The fourth-order valence-corrected chi connectivity index (χ4v) is 5.58. The minimum atomic E-state index is -0.352. The van der Waals surface area contributed by atoms with E-state index in [9.17, 15) is 4.79 Å². The number of carbonyl (C=O) groups excluding carboxylic acids is 1. The lowest BCUT2D eigenvalue weighted by molar-refractivity contribution is -0.129. The number of carbonyl (C=O) groups is 1. The van der Waals surface area contributed by atoms with Gasteiger partial charge in [-0.3, -0.25) is 4.79 Å². The van der Waals surface area contributed by atoms with Gasteiger partial charge in [0.2, 0.25) is 0 Å². The van der Waals surface area contributed by atoms with Crippen LogP contribution in [0.25, 0.3) is 33.5 Å².